The summed E-state index contributed by atoms with van der Waals surface area (Å²) >= 11 is 0. The maximum atomic E-state index is 13.3. The van der Waals surface area contributed by atoms with Crippen LogP contribution in [0.1, 0.15) is 25.6 Å². The zero-order chi connectivity index (χ0) is 20.5. The van der Waals surface area contributed by atoms with Crippen LogP contribution in [0.15, 0.2) is 54.6 Å². The Bertz CT molecular complexity index is 1050. The van der Waals surface area contributed by atoms with Crippen molar-refractivity contribution in [3.05, 3.63) is 60.4 Å². The molecule has 2 amide bonds. The first-order valence-electron chi connectivity index (χ1n) is 10.5. The Hall–Kier alpha value is -3.35. The van der Waals surface area contributed by atoms with Gasteiger partial charge in [0.25, 0.3) is 0 Å². The summed E-state index contributed by atoms with van der Waals surface area (Å²) in [6, 6.07) is 17.9. The highest BCUT2D eigenvalue weighted by Crippen LogP contribution is 2.34. The van der Waals surface area contributed by atoms with E-state index in [1.54, 1.807) is 0 Å². The summed E-state index contributed by atoms with van der Waals surface area (Å²) in [5.74, 6) is 2.52. The molecule has 0 radical (unpaired) electrons. The van der Waals surface area contributed by atoms with Gasteiger partial charge < -0.3 is 19.5 Å². The monoisotopic (exact) mass is 403 g/mol. The molecule has 7 heteroatoms. The van der Waals surface area contributed by atoms with Gasteiger partial charge >= 0.3 is 6.03 Å². The number of carbonyl (C=O) groups excluding carboxylic acids is 1. The van der Waals surface area contributed by atoms with Crippen molar-refractivity contribution in [2.45, 2.75) is 44.8 Å². The summed E-state index contributed by atoms with van der Waals surface area (Å²) in [5.41, 5.74) is 1.76. The number of nitrogens with one attached hydrogen (secondary N) is 1. The number of hydrogen-bond donors (Lipinski definition) is 1. The van der Waals surface area contributed by atoms with Crippen LogP contribution in [-0.4, -0.2) is 44.4 Å². The van der Waals surface area contributed by atoms with E-state index in [1.807, 2.05) is 54.3 Å². The van der Waals surface area contributed by atoms with Gasteiger partial charge in [0.1, 0.15) is 11.6 Å². The first kappa shape index (κ1) is 18.7. The molecule has 2 atom stereocenters. The molecule has 0 spiro atoms. The second-order valence-electron chi connectivity index (χ2n) is 7.77. The third-order valence-electron chi connectivity index (χ3n) is 5.95. The number of para-hydroxylation sites is 2. The highest BCUT2D eigenvalue weighted by Gasteiger charge is 2.41. The molecule has 2 aliphatic heterocycles. The molecule has 5 rings (SSSR count). The lowest BCUT2D eigenvalue weighted by atomic mass is 10.1. The lowest BCUT2D eigenvalue weighted by Gasteiger charge is -2.28. The van der Waals surface area contributed by atoms with Crippen molar-refractivity contribution in [3.8, 4) is 17.1 Å². The lowest BCUT2D eigenvalue weighted by molar-refractivity contribution is 0.184. The van der Waals surface area contributed by atoms with Crippen molar-refractivity contribution < 1.29 is 9.53 Å². The molecule has 0 aliphatic carbocycles. The van der Waals surface area contributed by atoms with Crippen molar-refractivity contribution in [2.24, 2.45) is 0 Å². The molecular formula is C23H25N5O2. The third kappa shape index (κ3) is 3.30. The molecule has 30 heavy (non-hydrogen) atoms. The van der Waals surface area contributed by atoms with Crippen LogP contribution in [0.25, 0.3) is 11.4 Å². The van der Waals surface area contributed by atoms with Crippen LogP contribution >= 0.6 is 0 Å². The molecule has 3 heterocycles. The van der Waals surface area contributed by atoms with Gasteiger partial charge in [-0.2, -0.15) is 0 Å². The number of rotatable bonds is 4. The van der Waals surface area contributed by atoms with E-state index in [0.717, 1.165) is 36.5 Å². The van der Waals surface area contributed by atoms with Gasteiger partial charge in [0.15, 0.2) is 5.82 Å². The van der Waals surface area contributed by atoms with E-state index < -0.39 is 0 Å². The Morgan fingerprint density at radius 2 is 1.83 bits per heavy atom. The Kier molecular flexibility index (Phi) is 4.86. The van der Waals surface area contributed by atoms with Crippen LogP contribution in [0.2, 0.25) is 0 Å². The number of carbonyl (C=O) groups is 1. The molecule has 0 saturated carbocycles. The Morgan fingerprint density at radius 1 is 1.07 bits per heavy atom. The number of hydrogen-bond acceptors (Lipinski definition) is 4. The minimum absolute atomic E-state index is 0.0744. The topological polar surface area (TPSA) is 72.3 Å². The smallest absolute Gasteiger partial charge is 0.322 e. The van der Waals surface area contributed by atoms with E-state index >= 15 is 0 Å². The maximum absolute atomic E-state index is 13.3. The fraction of sp³-hybridized carbons (Fsp3) is 0.348. The van der Waals surface area contributed by atoms with Crippen LogP contribution in [-0.2, 0) is 13.0 Å². The second-order valence-corrected chi connectivity index (χ2v) is 7.77. The molecule has 2 aromatic carbocycles. The summed E-state index contributed by atoms with van der Waals surface area (Å²) in [6.07, 6.45) is 2.69. The van der Waals surface area contributed by atoms with Crippen molar-refractivity contribution in [3.63, 3.8) is 0 Å². The molecule has 1 aromatic heterocycles. The van der Waals surface area contributed by atoms with E-state index in [9.17, 15) is 4.79 Å². The second kappa shape index (κ2) is 7.82. The number of nitrogens with zero attached hydrogens (tertiary/aromatic N) is 4. The average Bonchev–Trinajstić information content (AvgIpc) is 3.29. The minimum Gasteiger partial charge on any atom is -0.492 e. The SMILES string of the molecule is CCOc1ccccc1NC(=O)N1C2CCC1Cn1c(nnc1-c1ccccc1)C2. The molecule has 1 fully saturated rings. The van der Waals surface area contributed by atoms with Crippen LogP contribution in [0.4, 0.5) is 10.5 Å². The highest BCUT2D eigenvalue weighted by atomic mass is 16.5. The number of ether oxygens (including phenoxy) is 1. The van der Waals surface area contributed by atoms with Gasteiger partial charge in [-0.1, -0.05) is 42.5 Å². The van der Waals surface area contributed by atoms with Crippen molar-refractivity contribution in [2.75, 3.05) is 11.9 Å². The molecule has 1 N–H and O–H groups in total. The van der Waals surface area contributed by atoms with E-state index in [2.05, 4.69) is 32.2 Å². The number of urea groups is 1. The normalized spacial score (nSPS) is 19.8. The summed E-state index contributed by atoms with van der Waals surface area (Å²) < 4.78 is 7.85. The predicted molar refractivity (Wildman–Crippen MR) is 114 cm³/mol. The standard InChI is InChI=1S/C23H25N5O2/c1-2-30-20-11-7-6-10-19(20)24-23(29)28-17-12-13-18(28)15-27-21(14-17)25-26-22(27)16-8-4-3-5-9-16/h3-11,17-18H,2,12-15H2,1H3,(H,24,29). The first-order valence-corrected chi connectivity index (χ1v) is 10.5. The van der Waals surface area contributed by atoms with Crippen molar-refractivity contribution in [1.82, 2.24) is 19.7 Å². The number of anilines is 1. The van der Waals surface area contributed by atoms with Gasteiger partial charge in [0.05, 0.1) is 18.3 Å². The summed E-state index contributed by atoms with van der Waals surface area (Å²) in [5, 5.41) is 12.0. The fourth-order valence-electron chi connectivity index (χ4n) is 4.60. The van der Waals surface area contributed by atoms with Gasteiger partial charge in [-0.05, 0) is 31.9 Å². The average molecular weight is 403 g/mol. The largest absolute Gasteiger partial charge is 0.492 e. The first-order chi connectivity index (χ1) is 14.7. The maximum Gasteiger partial charge on any atom is 0.322 e. The summed E-state index contributed by atoms with van der Waals surface area (Å²) in [6.45, 7) is 3.20. The van der Waals surface area contributed by atoms with Crippen LogP contribution in [0.3, 0.4) is 0 Å². The number of aromatic nitrogens is 3. The third-order valence-corrected chi connectivity index (χ3v) is 5.95. The highest BCUT2D eigenvalue weighted by molar-refractivity contribution is 5.91. The molecule has 2 unspecified atom stereocenters. The summed E-state index contributed by atoms with van der Waals surface area (Å²) in [7, 11) is 0. The number of fused-ring (bicyclic) bond motifs is 3. The van der Waals surface area contributed by atoms with Gasteiger partial charge in [-0.15, -0.1) is 10.2 Å². The van der Waals surface area contributed by atoms with E-state index in [4.69, 9.17) is 4.74 Å². The van der Waals surface area contributed by atoms with Crippen molar-refractivity contribution in [1.29, 1.82) is 0 Å². The fourth-order valence-corrected chi connectivity index (χ4v) is 4.60. The van der Waals surface area contributed by atoms with Crippen LogP contribution in [0, 0.1) is 0 Å². The molecule has 154 valence electrons. The molecule has 2 aliphatic rings. The molecule has 2 bridgehead atoms. The minimum atomic E-state index is -0.0744. The Morgan fingerprint density at radius 3 is 2.67 bits per heavy atom. The quantitative estimate of drug-likeness (QED) is 0.716. The van der Waals surface area contributed by atoms with Gasteiger partial charge in [0, 0.05) is 24.6 Å². The zero-order valence-electron chi connectivity index (χ0n) is 17.0. The molecular weight excluding hydrogens is 378 g/mol. The van der Waals surface area contributed by atoms with Crippen molar-refractivity contribution >= 4 is 11.7 Å². The molecule has 1 saturated heterocycles. The van der Waals surface area contributed by atoms with Crippen LogP contribution < -0.4 is 10.1 Å². The van der Waals surface area contributed by atoms with E-state index in [1.165, 1.54) is 0 Å². The molecule has 7 nitrogen and oxygen atoms in total. The van der Waals surface area contributed by atoms with Gasteiger partial charge in [-0.25, -0.2) is 4.79 Å². The van der Waals surface area contributed by atoms with E-state index in [0.29, 0.717) is 24.6 Å². The van der Waals surface area contributed by atoms with Crippen LogP contribution in [0.5, 0.6) is 5.75 Å². The summed E-state index contributed by atoms with van der Waals surface area (Å²) in [4.78, 5) is 15.3. The Balaban J connectivity index is 1.40. The van der Waals surface area contributed by atoms with Gasteiger partial charge in [-0.3, -0.25) is 0 Å². The Labute approximate surface area is 175 Å². The number of amides is 2. The predicted octanol–water partition coefficient (Wildman–Crippen LogP) is 3.97. The lowest BCUT2D eigenvalue weighted by Crippen LogP contribution is -2.44. The number of benzene rings is 2. The molecule has 3 aromatic rings. The zero-order valence-corrected chi connectivity index (χ0v) is 17.0. The van der Waals surface area contributed by atoms with E-state index in [-0.39, 0.29) is 18.1 Å². The van der Waals surface area contributed by atoms with Gasteiger partial charge in [0.2, 0.25) is 0 Å².